The van der Waals surface area contributed by atoms with E-state index in [0.29, 0.717) is 0 Å². The van der Waals surface area contributed by atoms with Crippen LogP contribution >= 0.6 is 0 Å². The first-order valence-electron chi connectivity index (χ1n) is 7.86. The maximum atomic E-state index is 3.12. The molecule has 1 saturated carbocycles. The van der Waals surface area contributed by atoms with E-state index < -0.39 is 0 Å². The molecule has 0 atom stereocenters. The summed E-state index contributed by atoms with van der Waals surface area (Å²) in [5, 5.41) is 0. The molecule has 0 aliphatic heterocycles. The predicted octanol–water partition coefficient (Wildman–Crippen LogP) is 2.73. The Morgan fingerprint density at radius 1 is 1.00 bits per heavy atom. The van der Waals surface area contributed by atoms with Crippen molar-refractivity contribution in [3.63, 3.8) is 0 Å². The molecule has 0 unspecified atom stereocenters. The van der Waals surface area contributed by atoms with Gasteiger partial charge in [0.25, 0.3) is 0 Å². The van der Waals surface area contributed by atoms with Crippen LogP contribution in [0.4, 0.5) is 0 Å². The van der Waals surface area contributed by atoms with Crippen LogP contribution in [0.1, 0.15) is 76.2 Å². The Hall–Kier alpha value is -0.183. The minimum absolute atomic E-state index is 0. The normalized spacial score (nSPS) is 22.8. The van der Waals surface area contributed by atoms with Gasteiger partial charge in [-0.15, -0.1) is 0 Å². The predicted molar refractivity (Wildman–Crippen MR) is 78.7 cm³/mol. The van der Waals surface area contributed by atoms with Crippen molar-refractivity contribution < 1.29 is 18.9 Å². The summed E-state index contributed by atoms with van der Waals surface area (Å²) in [5.74, 6) is 1.85. The molecule has 0 amide bonds. The van der Waals surface area contributed by atoms with Gasteiger partial charge >= 0.3 is 18.9 Å². The summed E-state index contributed by atoms with van der Waals surface area (Å²) in [6, 6.07) is 11.8. The van der Waals surface area contributed by atoms with Gasteiger partial charge in [0.2, 0.25) is 0 Å². The van der Waals surface area contributed by atoms with Crippen molar-refractivity contribution in [3.8, 4) is 0 Å². The van der Waals surface area contributed by atoms with Gasteiger partial charge in [-0.05, 0) is 37.5 Å². The molecular formula is C18H27Li. The molecule has 0 nitrogen and oxygen atoms in total. The van der Waals surface area contributed by atoms with E-state index in [1.807, 2.05) is 0 Å². The zero-order valence-electron chi connectivity index (χ0n) is 12.8. The first-order chi connectivity index (χ1) is 8.90. The summed E-state index contributed by atoms with van der Waals surface area (Å²) in [7, 11) is 0. The summed E-state index contributed by atoms with van der Waals surface area (Å²) >= 11 is 0. The van der Waals surface area contributed by atoms with Crippen LogP contribution in [0.25, 0.3) is 0 Å². The van der Waals surface area contributed by atoms with E-state index in [-0.39, 0.29) is 18.9 Å². The van der Waals surface area contributed by atoms with E-state index in [0.717, 1.165) is 11.8 Å². The molecule has 100 valence electrons. The van der Waals surface area contributed by atoms with Crippen molar-refractivity contribution in [1.29, 1.82) is 0 Å². The zero-order valence-corrected chi connectivity index (χ0v) is 12.8. The quantitative estimate of drug-likeness (QED) is 0.414. The van der Waals surface area contributed by atoms with Gasteiger partial charge in [-0.2, -0.15) is 35.9 Å². The third-order valence-electron chi connectivity index (χ3n) is 4.53. The summed E-state index contributed by atoms with van der Waals surface area (Å²) in [6.45, 7) is 2.29. The van der Waals surface area contributed by atoms with E-state index in [1.165, 1.54) is 63.4 Å². The Balaban J connectivity index is 0.00000180. The Bertz CT molecular complexity index is 312. The molecule has 1 aromatic rings. The third kappa shape index (κ3) is 5.76. The molecule has 0 spiro atoms. The molecule has 19 heavy (non-hydrogen) atoms. The molecule has 0 saturated heterocycles. The van der Waals surface area contributed by atoms with Crippen LogP contribution in [0, 0.1) is 12.0 Å². The molecule has 1 aromatic carbocycles. The average Bonchev–Trinajstić information content (AvgIpc) is 2.45. The van der Waals surface area contributed by atoms with Crippen molar-refractivity contribution in [3.05, 3.63) is 35.9 Å². The van der Waals surface area contributed by atoms with Crippen LogP contribution in [0.2, 0.25) is 0 Å². The summed E-state index contributed by atoms with van der Waals surface area (Å²) in [5.41, 5.74) is 1.54. The Kier molecular flexibility index (Phi) is 8.59. The second kappa shape index (κ2) is 9.68. The number of hydrogen-bond acceptors (Lipinski definition) is 0. The van der Waals surface area contributed by atoms with Gasteiger partial charge in [0.05, 0.1) is 0 Å². The Morgan fingerprint density at radius 3 is 2.32 bits per heavy atom. The summed E-state index contributed by atoms with van der Waals surface area (Å²) < 4.78 is 0. The van der Waals surface area contributed by atoms with Gasteiger partial charge in [0, 0.05) is 0 Å². The van der Waals surface area contributed by atoms with Gasteiger partial charge in [-0.1, -0.05) is 39.0 Å². The molecule has 1 fully saturated rings. The molecule has 0 aromatic heterocycles. The van der Waals surface area contributed by atoms with Crippen LogP contribution in [-0.4, -0.2) is 0 Å². The van der Waals surface area contributed by atoms with Gasteiger partial charge in [0.1, 0.15) is 0 Å². The van der Waals surface area contributed by atoms with Gasteiger partial charge in [-0.25, -0.2) is 0 Å². The average molecular weight is 250 g/mol. The molecular weight excluding hydrogens is 223 g/mol. The molecule has 0 radical (unpaired) electrons. The molecule has 0 bridgehead atoms. The third-order valence-corrected chi connectivity index (χ3v) is 4.53. The minimum atomic E-state index is 0. The van der Waals surface area contributed by atoms with Crippen LogP contribution < -0.4 is 18.9 Å². The maximum Gasteiger partial charge on any atom is 1.00 e. The number of unbranched alkanes of at least 4 members (excludes halogenated alkanes) is 3. The summed E-state index contributed by atoms with van der Waals surface area (Å²) in [4.78, 5) is 0. The second-order valence-corrected chi connectivity index (χ2v) is 5.90. The zero-order chi connectivity index (χ0) is 12.6. The largest absolute Gasteiger partial charge is 1.00 e. The van der Waals surface area contributed by atoms with Gasteiger partial charge in [0.15, 0.2) is 0 Å². The van der Waals surface area contributed by atoms with Crippen molar-refractivity contribution in [2.75, 3.05) is 0 Å². The smallest absolute Gasteiger partial charge is 0.184 e. The molecule has 2 rings (SSSR count). The van der Waals surface area contributed by atoms with Gasteiger partial charge in [-0.3, -0.25) is 0 Å². The topological polar surface area (TPSA) is 0 Å². The maximum absolute atomic E-state index is 3.12. The first-order valence-corrected chi connectivity index (χ1v) is 7.86. The van der Waals surface area contributed by atoms with Crippen LogP contribution in [0.5, 0.6) is 0 Å². The molecule has 1 aliphatic rings. The fraction of sp³-hybridized carbons (Fsp3) is 0.667. The SMILES string of the molecule is CCCCCCC1CCC(c2cc[c-]cc2)CC1.[Li+]. The Morgan fingerprint density at radius 2 is 1.68 bits per heavy atom. The summed E-state index contributed by atoms with van der Waals surface area (Å²) in [6.07, 6.45) is 12.9. The fourth-order valence-electron chi connectivity index (χ4n) is 3.32. The van der Waals surface area contributed by atoms with E-state index in [9.17, 15) is 0 Å². The molecule has 0 N–H and O–H groups in total. The second-order valence-electron chi connectivity index (χ2n) is 5.90. The monoisotopic (exact) mass is 250 g/mol. The van der Waals surface area contributed by atoms with Crippen LogP contribution in [0.15, 0.2) is 24.3 Å². The van der Waals surface area contributed by atoms with Crippen LogP contribution in [0.3, 0.4) is 0 Å². The molecule has 1 aliphatic carbocycles. The minimum Gasteiger partial charge on any atom is -0.184 e. The molecule has 1 heteroatoms. The standard InChI is InChI=1S/C18H27.Li/c1-2-3-4-6-9-16-12-14-18(15-13-16)17-10-7-5-8-11-17;/h7-8,10-11,16,18H,2-4,6,9,12-15H2,1H3;/q-1;+1. The van der Waals surface area contributed by atoms with Crippen LogP contribution in [-0.2, 0) is 0 Å². The number of rotatable bonds is 6. The van der Waals surface area contributed by atoms with E-state index in [1.54, 1.807) is 0 Å². The van der Waals surface area contributed by atoms with Gasteiger partial charge < -0.3 is 0 Å². The fourth-order valence-corrected chi connectivity index (χ4v) is 3.32. The van der Waals surface area contributed by atoms with Crippen molar-refractivity contribution >= 4 is 0 Å². The van der Waals surface area contributed by atoms with E-state index in [4.69, 9.17) is 0 Å². The molecule has 0 heterocycles. The number of benzene rings is 1. The first kappa shape index (κ1) is 16.9. The Labute approximate surface area is 131 Å². The van der Waals surface area contributed by atoms with Crippen molar-refractivity contribution in [1.82, 2.24) is 0 Å². The van der Waals surface area contributed by atoms with E-state index >= 15 is 0 Å². The van der Waals surface area contributed by atoms with Crippen molar-refractivity contribution in [2.45, 2.75) is 70.6 Å². The number of hydrogen-bond donors (Lipinski definition) is 0. The van der Waals surface area contributed by atoms with Crippen molar-refractivity contribution in [2.24, 2.45) is 5.92 Å². The van der Waals surface area contributed by atoms with E-state index in [2.05, 4.69) is 37.3 Å².